The van der Waals surface area contributed by atoms with Crippen LogP contribution in [0.2, 0.25) is 0 Å². The Bertz CT molecular complexity index is 851. The second-order valence-electron chi connectivity index (χ2n) is 6.56. The molecule has 2 amide bonds. The minimum Gasteiger partial charge on any atom is -0.489 e. The zero-order valence-electron chi connectivity index (χ0n) is 15.8. The number of rotatable bonds is 7. The van der Waals surface area contributed by atoms with Gasteiger partial charge in [-0.2, -0.15) is 0 Å². The van der Waals surface area contributed by atoms with Gasteiger partial charge in [-0.05, 0) is 18.1 Å². The lowest BCUT2D eigenvalue weighted by molar-refractivity contribution is -0.148. The minimum atomic E-state index is -0.745. The molecule has 0 spiro atoms. The van der Waals surface area contributed by atoms with E-state index in [4.69, 9.17) is 9.47 Å². The molecule has 0 saturated carbocycles. The fourth-order valence-electron chi connectivity index (χ4n) is 3.12. The lowest BCUT2D eigenvalue weighted by Crippen LogP contribution is -2.51. The first kappa shape index (κ1) is 19.5. The Hall–Kier alpha value is -3.28. The van der Waals surface area contributed by atoms with E-state index >= 15 is 0 Å². The normalized spacial score (nSPS) is 18.8. The summed E-state index contributed by atoms with van der Waals surface area (Å²) in [6, 6.07) is 16.1. The van der Waals surface area contributed by atoms with Crippen LogP contribution in [0, 0.1) is 5.92 Å². The second kappa shape index (κ2) is 9.08. The number of nitrogens with one attached hydrogen (secondary N) is 2. The van der Waals surface area contributed by atoms with Crippen LogP contribution in [-0.2, 0) is 16.1 Å². The molecule has 0 aliphatic carbocycles. The summed E-state index contributed by atoms with van der Waals surface area (Å²) in [4.78, 5) is 24.7. The van der Waals surface area contributed by atoms with Crippen molar-refractivity contribution < 1.29 is 19.1 Å². The number of esters is 1. The summed E-state index contributed by atoms with van der Waals surface area (Å²) in [5.74, 6) is -0.576. The van der Waals surface area contributed by atoms with E-state index in [1.165, 1.54) is 0 Å². The van der Waals surface area contributed by atoms with Crippen LogP contribution in [0.3, 0.4) is 0 Å². The Morgan fingerprint density at radius 1 is 1.11 bits per heavy atom. The van der Waals surface area contributed by atoms with E-state index < -0.39 is 24.0 Å². The third-order valence-electron chi connectivity index (χ3n) is 4.46. The Balaban J connectivity index is 1.87. The van der Waals surface area contributed by atoms with Gasteiger partial charge in [0.15, 0.2) is 0 Å². The third-order valence-corrected chi connectivity index (χ3v) is 4.46. The van der Waals surface area contributed by atoms with Crippen molar-refractivity contribution in [2.24, 2.45) is 5.92 Å². The number of hydrogen-bond donors (Lipinski definition) is 2. The monoisotopic (exact) mass is 380 g/mol. The summed E-state index contributed by atoms with van der Waals surface area (Å²) in [6.07, 6.45) is 0.714. The van der Waals surface area contributed by atoms with E-state index in [-0.39, 0.29) is 0 Å². The van der Waals surface area contributed by atoms with Crippen LogP contribution in [0.4, 0.5) is 4.79 Å². The van der Waals surface area contributed by atoms with Crippen molar-refractivity contribution in [3.63, 3.8) is 0 Å². The molecule has 0 aromatic heterocycles. The van der Waals surface area contributed by atoms with Crippen molar-refractivity contribution in [2.45, 2.75) is 26.0 Å². The average molecular weight is 380 g/mol. The van der Waals surface area contributed by atoms with Gasteiger partial charge in [0.25, 0.3) is 0 Å². The zero-order chi connectivity index (χ0) is 19.9. The summed E-state index contributed by atoms with van der Waals surface area (Å²) in [6.45, 7) is 6.48. The van der Waals surface area contributed by atoms with Gasteiger partial charge in [0.05, 0.1) is 12.6 Å². The Morgan fingerprint density at radius 3 is 2.57 bits per heavy atom. The lowest BCUT2D eigenvalue weighted by Gasteiger charge is -2.34. The molecule has 2 aromatic carbocycles. The molecular formula is C22H24N2O4. The van der Waals surface area contributed by atoms with Crippen molar-refractivity contribution in [1.82, 2.24) is 10.6 Å². The van der Waals surface area contributed by atoms with Crippen molar-refractivity contribution >= 4 is 12.0 Å². The van der Waals surface area contributed by atoms with Gasteiger partial charge in [-0.25, -0.2) is 4.79 Å². The molecule has 28 heavy (non-hydrogen) atoms. The Kier molecular flexibility index (Phi) is 6.32. The molecule has 1 fully saturated rings. The Morgan fingerprint density at radius 2 is 1.82 bits per heavy atom. The predicted molar refractivity (Wildman–Crippen MR) is 106 cm³/mol. The maximum Gasteiger partial charge on any atom is 0.319 e. The van der Waals surface area contributed by atoms with Gasteiger partial charge in [-0.15, -0.1) is 0 Å². The van der Waals surface area contributed by atoms with Crippen LogP contribution in [0.15, 0.2) is 66.9 Å². The van der Waals surface area contributed by atoms with Gasteiger partial charge >= 0.3 is 12.0 Å². The highest BCUT2D eigenvalue weighted by atomic mass is 16.5. The molecule has 1 aliphatic rings. The number of benzene rings is 2. The lowest BCUT2D eigenvalue weighted by atomic mass is 9.88. The molecular weight excluding hydrogens is 356 g/mol. The molecule has 2 atom stereocenters. The minimum absolute atomic E-state index is 0.313. The molecule has 0 radical (unpaired) electrons. The maximum atomic E-state index is 12.6. The van der Waals surface area contributed by atoms with E-state index in [9.17, 15) is 9.59 Å². The summed E-state index contributed by atoms with van der Waals surface area (Å²) < 4.78 is 11.3. The number of para-hydroxylation sites is 1. The highest BCUT2D eigenvalue weighted by Crippen LogP contribution is 2.35. The van der Waals surface area contributed by atoms with Crippen molar-refractivity contribution in [3.05, 3.63) is 78.0 Å². The highest BCUT2D eigenvalue weighted by molar-refractivity contribution is 5.85. The smallest absolute Gasteiger partial charge is 0.319 e. The SMILES string of the molecule is C=C1NC(=O)N[C@@H](c2ccccc2OCc2ccccc2)[C@@H]1C(=O)OCCC. The third kappa shape index (κ3) is 4.52. The maximum absolute atomic E-state index is 12.6. The fraction of sp³-hybridized carbons (Fsp3) is 0.273. The topological polar surface area (TPSA) is 76.7 Å². The van der Waals surface area contributed by atoms with Gasteiger partial charge in [0, 0.05) is 11.3 Å². The standard InChI is InChI=1S/C22H24N2O4/c1-3-13-27-21(25)19-15(2)23-22(26)24-20(19)17-11-7-8-12-18(17)28-14-16-9-5-4-6-10-16/h4-12,19-20H,2-3,13-14H2,1H3,(H2,23,24,26)/t19-,20+/m1/s1. The molecule has 0 bridgehead atoms. The van der Waals surface area contributed by atoms with Crippen LogP contribution in [0.25, 0.3) is 0 Å². The van der Waals surface area contributed by atoms with Crippen molar-refractivity contribution in [1.29, 1.82) is 0 Å². The molecule has 2 aromatic rings. The summed E-state index contributed by atoms with van der Waals surface area (Å²) >= 11 is 0. The first-order valence-corrected chi connectivity index (χ1v) is 9.28. The van der Waals surface area contributed by atoms with E-state index in [2.05, 4.69) is 17.2 Å². The highest BCUT2D eigenvalue weighted by Gasteiger charge is 2.40. The Labute approximate surface area is 164 Å². The molecule has 3 rings (SSSR count). The van der Waals surface area contributed by atoms with E-state index in [1.54, 1.807) is 0 Å². The van der Waals surface area contributed by atoms with Crippen molar-refractivity contribution in [3.8, 4) is 5.75 Å². The first-order chi connectivity index (χ1) is 13.6. The quantitative estimate of drug-likeness (QED) is 0.718. The summed E-state index contributed by atoms with van der Waals surface area (Å²) in [5.41, 5.74) is 2.04. The number of hydrogen-bond acceptors (Lipinski definition) is 4. The molecule has 1 saturated heterocycles. The zero-order valence-corrected chi connectivity index (χ0v) is 15.8. The van der Waals surface area contributed by atoms with E-state index in [0.29, 0.717) is 36.6 Å². The number of carbonyl (C=O) groups excluding carboxylic acids is 2. The summed E-state index contributed by atoms with van der Waals surface area (Å²) in [5, 5.41) is 5.39. The largest absolute Gasteiger partial charge is 0.489 e. The molecule has 6 nitrogen and oxygen atoms in total. The predicted octanol–water partition coefficient (Wildman–Crippen LogP) is 3.70. The van der Waals surface area contributed by atoms with Crippen molar-refractivity contribution in [2.75, 3.05) is 6.61 Å². The van der Waals surface area contributed by atoms with Crippen LogP contribution < -0.4 is 15.4 Å². The van der Waals surface area contributed by atoms with Gasteiger partial charge in [0.2, 0.25) is 0 Å². The van der Waals surface area contributed by atoms with E-state index in [1.807, 2.05) is 61.5 Å². The van der Waals surface area contributed by atoms with Crippen LogP contribution in [-0.4, -0.2) is 18.6 Å². The number of amides is 2. The number of urea groups is 1. The molecule has 0 unspecified atom stereocenters. The van der Waals surface area contributed by atoms with Gasteiger partial charge < -0.3 is 20.1 Å². The van der Waals surface area contributed by atoms with Crippen LogP contribution in [0.1, 0.15) is 30.5 Å². The molecule has 6 heteroatoms. The van der Waals surface area contributed by atoms with E-state index in [0.717, 1.165) is 5.56 Å². The van der Waals surface area contributed by atoms with Gasteiger partial charge in [-0.1, -0.05) is 62.0 Å². The summed E-state index contributed by atoms with van der Waals surface area (Å²) in [7, 11) is 0. The molecule has 2 N–H and O–H groups in total. The molecule has 1 heterocycles. The fourth-order valence-corrected chi connectivity index (χ4v) is 3.12. The average Bonchev–Trinajstić information content (AvgIpc) is 2.71. The first-order valence-electron chi connectivity index (χ1n) is 9.28. The van der Waals surface area contributed by atoms with Gasteiger partial charge in [0.1, 0.15) is 18.3 Å². The molecule has 1 aliphatic heterocycles. The van der Waals surface area contributed by atoms with Crippen LogP contribution >= 0.6 is 0 Å². The van der Waals surface area contributed by atoms with Gasteiger partial charge in [-0.3, -0.25) is 4.79 Å². The number of ether oxygens (including phenoxy) is 2. The molecule has 146 valence electrons. The second-order valence-corrected chi connectivity index (χ2v) is 6.56. The number of carbonyl (C=O) groups is 2. The van der Waals surface area contributed by atoms with Crippen LogP contribution in [0.5, 0.6) is 5.75 Å².